The Morgan fingerprint density at radius 1 is 1.23 bits per heavy atom. The Bertz CT molecular complexity index is 332. The van der Waals surface area contributed by atoms with E-state index in [0.29, 0.717) is 6.54 Å². The van der Waals surface area contributed by atoms with Gasteiger partial charge in [0.2, 0.25) is 0 Å². The van der Waals surface area contributed by atoms with Gasteiger partial charge in [-0.25, -0.2) is 4.72 Å². The highest BCUT2D eigenvalue weighted by atomic mass is 32.2. The fraction of sp³-hybridized carbons (Fsp3) is 1.00. The van der Waals surface area contributed by atoms with E-state index in [9.17, 15) is 8.42 Å². The molecule has 2 saturated heterocycles. The molecule has 1 spiro atoms. The molecule has 2 N–H and O–H groups in total. The van der Waals surface area contributed by atoms with Crippen molar-refractivity contribution in [1.29, 1.82) is 0 Å². The first-order chi connectivity index (χ1) is 6.14. The monoisotopic (exact) mass is 203 g/mol. The third kappa shape index (κ3) is 0.999. The highest BCUT2D eigenvalue weighted by molar-refractivity contribution is 7.87. The molecule has 0 aromatic carbocycles. The Kier molecular flexibility index (Phi) is 1.41. The molecule has 5 nitrogen and oxygen atoms in total. The normalized spacial score (nSPS) is 36.3. The molecule has 0 aromatic rings. The summed E-state index contributed by atoms with van der Waals surface area (Å²) in [4.78, 5) is 0. The molecule has 3 aliphatic rings. The maximum Gasteiger partial charge on any atom is 0.280 e. The van der Waals surface area contributed by atoms with Gasteiger partial charge in [-0.05, 0) is 12.8 Å². The summed E-state index contributed by atoms with van der Waals surface area (Å²) in [5.74, 6) is 0. The van der Waals surface area contributed by atoms with Crippen LogP contribution >= 0.6 is 0 Å². The molecule has 13 heavy (non-hydrogen) atoms. The molecule has 3 fully saturated rings. The molecule has 74 valence electrons. The van der Waals surface area contributed by atoms with Crippen LogP contribution in [0.1, 0.15) is 12.8 Å². The highest BCUT2D eigenvalue weighted by Crippen LogP contribution is 2.39. The fourth-order valence-electron chi connectivity index (χ4n) is 2.21. The van der Waals surface area contributed by atoms with Crippen molar-refractivity contribution in [2.75, 3.05) is 19.6 Å². The van der Waals surface area contributed by atoms with Crippen LogP contribution in [0, 0.1) is 0 Å². The second-order valence-corrected chi connectivity index (χ2v) is 5.81. The van der Waals surface area contributed by atoms with Gasteiger partial charge in [0.15, 0.2) is 0 Å². The number of nitrogens with zero attached hydrogens (tertiary/aromatic N) is 1. The van der Waals surface area contributed by atoms with Gasteiger partial charge in [-0.2, -0.15) is 12.7 Å². The highest BCUT2D eigenvalue weighted by Gasteiger charge is 2.58. The summed E-state index contributed by atoms with van der Waals surface area (Å²) in [6.45, 7) is 2.18. The molecular formula is C7H13N3O2S. The predicted octanol–water partition coefficient (Wildman–Crippen LogP) is -1.36. The van der Waals surface area contributed by atoms with Crippen molar-refractivity contribution in [3.8, 4) is 0 Å². The fourth-order valence-corrected chi connectivity index (χ4v) is 4.11. The summed E-state index contributed by atoms with van der Waals surface area (Å²) in [6, 6.07) is 0.280. The van der Waals surface area contributed by atoms with Crippen molar-refractivity contribution >= 4 is 10.2 Å². The molecule has 0 atom stereocenters. The summed E-state index contributed by atoms with van der Waals surface area (Å²) < 4.78 is 27.6. The summed E-state index contributed by atoms with van der Waals surface area (Å²) in [5, 5.41) is 3.15. The molecule has 0 radical (unpaired) electrons. The van der Waals surface area contributed by atoms with E-state index in [1.165, 1.54) is 0 Å². The zero-order valence-electron chi connectivity index (χ0n) is 7.28. The number of nitrogens with one attached hydrogen (secondary N) is 2. The van der Waals surface area contributed by atoms with Gasteiger partial charge in [0, 0.05) is 25.7 Å². The first-order valence-corrected chi connectivity index (χ1v) is 6.08. The summed E-state index contributed by atoms with van der Waals surface area (Å²) >= 11 is 0. The predicted molar refractivity (Wildman–Crippen MR) is 47.4 cm³/mol. The Labute approximate surface area is 77.7 Å². The second kappa shape index (κ2) is 2.25. The van der Waals surface area contributed by atoms with Crippen molar-refractivity contribution in [1.82, 2.24) is 14.3 Å². The van der Waals surface area contributed by atoms with Crippen molar-refractivity contribution in [2.45, 2.75) is 24.4 Å². The topological polar surface area (TPSA) is 61.4 Å². The van der Waals surface area contributed by atoms with Crippen LogP contribution < -0.4 is 10.0 Å². The van der Waals surface area contributed by atoms with E-state index in [1.54, 1.807) is 4.31 Å². The second-order valence-electron chi connectivity index (χ2n) is 4.18. The molecule has 2 heterocycles. The van der Waals surface area contributed by atoms with Gasteiger partial charge >= 0.3 is 0 Å². The van der Waals surface area contributed by atoms with Crippen LogP contribution in [-0.4, -0.2) is 43.9 Å². The van der Waals surface area contributed by atoms with Crippen LogP contribution in [0.15, 0.2) is 0 Å². The molecule has 2 aliphatic heterocycles. The Morgan fingerprint density at radius 3 is 2.38 bits per heavy atom. The number of hydrogen-bond donors (Lipinski definition) is 2. The Hall–Kier alpha value is -0.170. The van der Waals surface area contributed by atoms with E-state index in [4.69, 9.17) is 0 Å². The smallest absolute Gasteiger partial charge is 0.280 e. The lowest BCUT2D eigenvalue weighted by Gasteiger charge is -2.43. The van der Waals surface area contributed by atoms with E-state index in [-0.39, 0.29) is 11.6 Å². The lowest BCUT2D eigenvalue weighted by molar-refractivity contribution is 0.133. The summed E-state index contributed by atoms with van der Waals surface area (Å²) in [7, 11) is -3.15. The van der Waals surface area contributed by atoms with Gasteiger partial charge < -0.3 is 5.32 Å². The molecule has 0 unspecified atom stereocenters. The Balaban J connectivity index is 1.98. The quantitative estimate of drug-likeness (QED) is 0.553. The number of hydrogen-bond acceptors (Lipinski definition) is 3. The minimum Gasteiger partial charge on any atom is -0.313 e. The van der Waals surface area contributed by atoms with Crippen LogP contribution in [-0.2, 0) is 10.2 Å². The first-order valence-electron chi connectivity index (χ1n) is 4.64. The lowest BCUT2D eigenvalue weighted by atomic mass is 9.92. The van der Waals surface area contributed by atoms with E-state index in [2.05, 4.69) is 10.0 Å². The molecule has 1 aliphatic carbocycles. The zero-order chi connectivity index (χ0) is 9.10. The SMILES string of the molecule is O=S1(=O)NCC2(CNC2)N1C1CC1. The molecule has 0 aromatic heterocycles. The average Bonchev–Trinajstić information content (AvgIpc) is 2.73. The molecule has 1 saturated carbocycles. The maximum absolute atomic E-state index is 11.6. The van der Waals surface area contributed by atoms with Gasteiger partial charge in [-0.15, -0.1) is 0 Å². The third-order valence-electron chi connectivity index (χ3n) is 3.10. The van der Waals surface area contributed by atoms with E-state index in [1.807, 2.05) is 0 Å². The largest absolute Gasteiger partial charge is 0.313 e. The van der Waals surface area contributed by atoms with Gasteiger partial charge in [-0.1, -0.05) is 0 Å². The van der Waals surface area contributed by atoms with Crippen molar-refractivity contribution < 1.29 is 8.42 Å². The van der Waals surface area contributed by atoms with Crippen LogP contribution in [0.2, 0.25) is 0 Å². The average molecular weight is 203 g/mol. The minimum absolute atomic E-state index is 0.125. The van der Waals surface area contributed by atoms with Gasteiger partial charge in [0.1, 0.15) is 0 Å². The van der Waals surface area contributed by atoms with Crippen LogP contribution in [0.4, 0.5) is 0 Å². The molecule has 6 heteroatoms. The lowest BCUT2D eigenvalue weighted by Crippen LogP contribution is -2.68. The molecule has 3 rings (SSSR count). The van der Waals surface area contributed by atoms with Gasteiger partial charge in [-0.3, -0.25) is 0 Å². The minimum atomic E-state index is -3.15. The van der Waals surface area contributed by atoms with Crippen molar-refractivity contribution in [3.05, 3.63) is 0 Å². The zero-order valence-corrected chi connectivity index (χ0v) is 8.10. The van der Waals surface area contributed by atoms with E-state index >= 15 is 0 Å². The van der Waals surface area contributed by atoms with E-state index < -0.39 is 10.2 Å². The van der Waals surface area contributed by atoms with Crippen LogP contribution in [0.3, 0.4) is 0 Å². The van der Waals surface area contributed by atoms with Crippen molar-refractivity contribution in [2.24, 2.45) is 0 Å². The van der Waals surface area contributed by atoms with Gasteiger partial charge in [0.25, 0.3) is 10.2 Å². The third-order valence-corrected chi connectivity index (χ3v) is 4.81. The van der Waals surface area contributed by atoms with Gasteiger partial charge in [0.05, 0.1) is 5.54 Å². The summed E-state index contributed by atoms with van der Waals surface area (Å²) in [5.41, 5.74) is -0.125. The number of rotatable bonds is 1. The molecule has 0 amide bonds. The molecule has 0 bridgehead atoms. The van der Waals surface area contributed by atoms with Crippen LogP contribution in [0.25, 0.3) is 0 Å². The first kappa shape index (κ1) is 8.16. The van der Waals surface area contributed by atoms with E-state index in [0.717, 1.165) is 25.9 Å². The maximum atomic E-state index is 11.6. The standard InChI is InChI=1S/C7H13N3O2S/c11-13(12)9-5-7(3-8-4-7)10(13)6-1-2-6/h6,8-9H,1-5H2. The Morgan fingerprint density at radius 2 is 1.92 bits per heavy atom. The molecular weight excluding hydrogens is 190 g/mol. The van der Waals surface area contributed by atoms with Crippen molar-refractivity contribution in [3.63, 3.8) is 0 Å². The summed E-state index contributed by atoms with van der Waals surface area (Å²) in [6.07, 6.45) is 2.06. The van der Waals surface area contributed by atoms with Crippen LogP contribution in [0.5, 0.6) is 0 Å².